The topological polar surface area (TPSA) is 84.9 Å². The van der Waals surface area contributed by atoms with Crippen LogP contribution in [0.3, 0.4) is 0 Å². The van der Waals surface area contributed by atoms with Crippen LogP contribution in [-0.4, -0.2) is 45.4 Å². The van der Waals surface area contributed by atoms with E-state index in [1.165, 1.54) is 17.5 Å². The minimum absolute atomic E-state index is 0.173. The molecule has 0 spiro atoms. The summed E-state index contributed by atoms with van der Waals surface area (Å²) in [5, 5.41) is 2.86. The summed E-state index contributed by atoms with van der Waals surface area (Å²) in [5.74, 6) is 0.915. The molecule has 8 heteroatoms. The zero-order valence-electron chi connectivity index (χ0n) is 16.8. The number of ether oxygens (including phenoxy) is 2. The summed E-state index contributed by atoms with van der Waals surface area (Å²) in [6.07, 6.45) is 1.14. The van der Waals surface area contributed by atoms with Gasteiger partial charge in [0.25, 0.3) is 0 Å². The van der Waals surface area contributed by atoms with Crippen LogP contribution in [0.1, 0.15) is 24.0 Å². The van der Waals surface area contributed by atoms with Crippen molar-refractivity contribution >= 4 is 15.9 Å². The average Bonchev–Trinajstić information content (AvgIpc) is 3.23. The zero-order valence-corrected chi connectivity index (χ0v) is 17.7. The lowest BCUT2D eigenvalue weighted by Gasteiger charge is -2.24. The van der Waals surface area contributed by atoms with Gasteiger partial charge in [0, 0.05) is 19.2 Å². The summed E-state index contributed by atoms with van der Waals surface area (Å²) in [6, 6.07) is 11.6. The highest BCUT2D eigenvalue weighted by Crippen LogP contribution is 2.30. The maximum Gasteiger partial charge on any atom is 0.244 e. The van der Waals surface area contributed by atoms with E-state index < -0.39 is 16.1 Å². The second kappa shape index (κ2) is 8.84. The van der Waals surface area contributed by atoms with Crippen LogP contribution in [0.25, 0.3) is 0 Å². The number of benzene rings is 2. The number of rotatable bonds is 7. The summed E-state index contributed by atoms with van der Waals surface area (Å²) in [5.41, 5.74) is 1.53. The van der Waals surface area contributed by atoms with E-state index in [0.717, 1.165) is 11.3 Å². The molecule has 3 rings (SSSR count). The van der Waals surface area contributed by atoms with Crippen LogP contribution < -0.4 is 14.8 Å². The van der Waals surface area contributed by atoms with Gasteiger partial charge in [-0.3, -0.25) is 4.79 Å². The number of carbonyl (C=O) groups is 1. The van der Waals surface area contributed by atoms with E-state index in [0.29, 0.717) is 37.2 Å². The van der Waals surface area contributed by atoms with Crippen LogP contribution in [0.4, 0.5) is 0 Å². The average molecular weight is 419 g/mol. The van der Waals surface area contributed by atoms with E-state index in [-0.39, 0.29) is 10.8 Å². The maximum atomic E-state index is 13.3. The highest BCUT2D eigenvalue weighted by molar-refractivity contribution is 7.89. The van der Waals surface area contributed by atoms with Crippen LogP contribution in [0.2, 0.25) is 0 Å². The van der Waals surface area contributed by atoms with Crippen molar-refractivity contribution in [1.29, 1.82) is 0 Å². The van der Waals surface area contributed by atoms with Gasteiger partial charge in [-0.25, -0.2) is 8.42 Å². The lowest BCUT2D eigenvalue weighted by atomic mass is 10.2. The van der Waals surface area contributed by atoms with Gasteiger partial charge in [0.05, 0.1) is 19.1 Å². The smallest absolute Gasteiger partial charge is 0.244 e. The number of carbonyl (C=O) groups excluding carboxylic acids is 1. The van der Waals surface area contributed by atoms with E-state index in [1.807, 2.05) is 24.3 Å². The van der Waals surface area contributed by atoms with Crippen molar-refractivity contribution in [3.8, 4) is 11.5 Å². The van der Waals surface area contributed by atoms with Crippen LogP contribution in [0, 0.1) is 6.92 Å². The number of hydrogen-bond donors (Lipinski definition) is 1. The fourth-order valence-corrected chi connectivity index (χ4v) is 5.35. The summed E-state index contributed by atoms with van der Waals surface area (Å²) in [6.45, 7) is 2.38. The van der Waals surface area contributed by atoms with Crippen LogP contribution in [0.5, 0.6) is 11.5 Å². The first kappa shape index (κ1) is 21.1. The minimum atomic E-state index is -3.81. The lowest BCUT2D eigenvalue weighted by molar-refractivity contribution is -0.124. The number of hydrogen-bond acceptors (Lipinski definition) is 5. The molecule has 0 radical (unpaired) electrons. The third-order valence-corrected chi connectivity index (χ3v) is 7.16. The quantitative estimate of drug-likeness (QED) is 0.747. The van der Waals surface area contributed by atoms with E-state index in [2.05, 4.69) is 5.32 Å². The van der Waals surface area contributed by atoms with Gasteiger partial charge in [-0.05, 0) is 49.1 Å². The van der Waals surface area contributed by atoms with Gasteiger partial charge in [0.2, 0.25) is 15.9 Å². The van der Waals surface area contributed by atoms with Crippen LogP contribution in [-0.2, 0) is 21.4 Å². The first-order valence-electron chi connectivity index (χ1n) is 9.44. The molecule has 1 aliphatic rings. The van der Waals surface area contributed by atoms with Crippen molar-refractivity contribution in [3.63, 3.8) is 0 Å². The first-order valence-corrected chi connectivity index (χ1v) is 10.9. The zero-order chi connectivity index (χ0) is 21.0. The number of amides is 1. The number of aryl methyl sites for hydroxylation is 1. The molecular weight excluding hydrogens is 392 g/mol. The van der Waals surface area contributed by atoms with Gasteiger partial charge < -0.3 is 14.8 Å². The fourth-order valence-electron chi connectivity index (χ4n) is 3.45. The van der Waals surface area contributed by atoms with Crippen molar-refractivity contribution < 1.29 is 22.7 Å². The Hall–Kier alpha value is -2.58. The van der Waals surface area contributed by atoms with Gasteiger partial charge in [-0.15, -0.1) is 0 Å². The predicted molar refractivity (Wildman–Crippen MR) is 109 cm³/mol. The number of nitrogens with zero attached hydrogens (tertiary/aromatic N) is 1. The normalized spacial score (nSPS) is 17.1. The van der Waals surface area contributed by atoms with E-state index in [9.17, 15) is 13.2 Å². The largest absolute Gasteiger partial charge is 0.497 e. The third kappa shape index (κ3) is 4.54. The molecule has 29 heavy (non-hydrogen) atoms. The Balaban J connectivity index is 1.75. The van der Waals surface area contributed by atoms with Gasteiger partial charge >= 0.3 is 0 Å². The van der Waals surface area contributed by atoms with Crippen molar-refractivity contribution in [3.05, 3.63) is 53.6 Å². The SMILES string of the molecule is COc1ccc(CNC(=O)[C@H]2CCCN2S(=O)(=O)c2cc(OC)ccc2C)cc1. The molecule has 1 aliphatic heterocycles. The molecule has 1 amide bonds. The van der Waals surface area contributed by atoms with E-state index in [4.69, 9.17) is 9.47 Å². The molecule has 1 heterocycles. The minimum Gasteiger partial charge on any atom is -0.497 e. The molecule has 156 valence electrons. The molecule has 1 atom stereocenters. The molecule has 1 N–H and O–H groups in total. The van der Waals surface area contributed by atoms with Gasteiger partial charge in [-0.1, -0.05) is 18.2 Å². The van der Waals surface area contributed by atoms with Crippen molar-refractivity contribution in [2.75, 3.05) is 20.8 Å². The molecule has 7 nitrogen and oxygen atoms in total. The van der Waals surface area contributed by atoms with Crippen molar-refractivity contribution in [1.82, 2.24) is 9.62 Å². The Kier molecular flexibility index (Phi) is 6.44. The van der Waals surface area contributed by atoms with Crippen LogP contribution >= 0.6 is 0 Å². The Bertz CT molecular complexity index is 973. The van der Waals surface area contributed by atoms with Crippen molar-refractivity contribution in [2.45, 2.75) is 37.2 Å². The molecule has 1 saturated heterocycles. The molecule has 2 aromatic carbocycles. The second-order valence-electron chi connectivity index (χ2n) is 6.97. The third-order valence-electron chi connectivity index (χ3n) is 5.11. The summed E-state index contributed by atoms with van der Waals surface area (Å²) < 4.78 is 38.1. The lowest BCUT2D eigenvalue weighted by Crippen LogP contribution is -2.45. The Labute approximate surface area is 171 Å². The fraction of sp³-hybridized carbons (Fsp3) is 0.381. The Morgan fingerprint density at radius 1 is 1.10 bits per heavy atom. The molecular formula is C21H26N2O5S. The van der Waals surface area contributed by atoms with Gasteiger partial charge in [0.1, 0.15) is 17.5 Å². The number of nitrogens with one attached hydrogen (secondary N) is 1. The highest BCUT2D eigenvalue weighted by Gasteiger charge is 2.40. The molecule has 0 aromatic heterocycles. The standard InChI is InChI=1S/C21H26N2O5S/c1-15-6-9-18(28-3)13-20(15)29(25,26)23-12-4-5-19(23)21(24)22-14-16-7-10-17(27-2)11-8-16/h6-11,13,19H,4-5,12,14H2,1-3H3,(H,22,24)/t19-/m1/s1. The monoisotopic (exact) mass is 418 g/mol. The van der Waals surface area contributed by atoms with Crippen LogP contribution in [0.15, 0.2) is 47.4 Å². The molecule has 0 bridgehead atoms. The molecule has 0 aliphatic carbocycles. The van der Waals surface area contributed by atoms with Gasteiger partial charge in [-0.2, -0.15) is 4.31 Å². The number of methoxy groups -OCH3 is 2. The van der Waals surface area contributed by atoms with E-state index in [1.54, 1.807) is 26.2 Å². The molecule has 0 unspecified atom stereocenters. The molecule has 0 saturated carbocycles. The molecule has 2 aromatic rings. The second-order valence-corrected chi connectivity index (χ2v) is 8.83. The van der Waals surface area contributed by atoms with E-state index >= 15 is 0 Å². The highest BCUT2D eigenvalue weighted by atomic mass is 32.2. The van der Waals surface area contributed by atoms with Gasteiger partial charge in [0.15, 0.2) is 0 Å². The summed E-state index contributed by atoms with van der Waals surface area (Å²) >= 11 is 0. The summed E-state index contributed by atoms with van der Waals surface area (Å²) in [7, 11) is -0.727. The Morgan fingerprint density at radius 2 is 1.76 bits per heavy atom. The molecule has 1 fully saturated rings. The Morgan fingerprint density at radius 3 is 2.41 bits per heavy atom. The summed E-state index contributed by atoms with van der Waals surface area (Å²) in [4.78, 5) is 12.9. The predicted octanol–water partition coefficient (Wildman–Crippen LogP) is 2.48. The van der Waals surface area contributed by atoms with Crippen molar-refractivity contribution in [2.24, 2.45) is 0 Å². The number of sulfonamides is 1. The first-order chi connectivity index (χ1) is 13.9. The maximum absolute atomic E-state index is 13.3.